The lowest BCUT2D eigenvalue weighted by Gasteiger charge is -2.40. The number of nitrogens with zero attached hydrogens (tertiary/aromatic N) is 2. The highest BCUT2D eigenvalue weighted by atomic mass is 32.3. The Balaban J connectivity index is 1.64. The Hall–Kier alpha value is -2.19. The zero-order valence-corrected chi connectivity index (χ0v) is 16.1. The van der Waals surface area contributed by atoms with Crippen LogP contribution < -0.4 is 11.2 Å². The summed E-state index contributed by atoms with van der Waals surface area (Å²) in [5, 5.41) is 0.594. The van der Waals surface area contributed by atoms with Gasteiger partial charge in [0.2, 0.25) is 0 Å². The number of amides is 3. The number of nitrogens with one attached hydrogen (secondary N) is 1. The van der Waals surface area contributed by atoms with Crippen LogP contribution in [0.1, 0.15) is 32.1 Å². The number of hydroxylamine groups is 3. The van der Waals surface area contributed by atoms with Crippen molar-refractivity contribution in [2.75, 3.05) is 13.2 Å². The lowest BCUT2D eigenvalue weighted by molar-refractivity contribution is -0.141. The van der Waals surface area contributed by atoms with E-state index < -0.39 is 45.9 Å². The maximum atomic E-state index is 12.6. The van der Waals surface area contributed by atoms with E-state index in [4.69, 9.17) is 19.5 Å². The summed E-state index contributed by atoms with van der Waals surface area (Å²) in [5.74, 6) is -0.0937. The van der Waals surface area contributed by atoms with Crippen LogP contribution in [0.15, 0.2) is 22.8 Å². The molecule has 1 unspecified atom stereocenters. The summed E-state index contributed by atoms with van der Waals surface area (Å²) >= 11 is 0. The molecule has 0 spiro atoms. The van der Waals surface area contributed by atoms with Crippen molar-refractivity contribution >= 4 is 22.3 Å². The predicted molar refractivity (Wildman–Crippen MR) is 92.3 cm³/mol. The number of fused-ring (bicyclic) bond motifs is 2. The molecular weight excluding hydrogens is 396 g/mol. The first kappa shape index (κ1) is 20.5. The fourth-order valence-corrected chi connectivity index (χ4v) is 3.81. The molecule has 13 heteroatoms. The molecule has 0 saturated carbocycles. The monoisotopic (exact) mass is 418 g/mol. The van der Waals surface area contributed by atoms with Crippen molar-refractivity contribution in [3.63, 3.8) is 0 Å². The average Bonchev–Trinajstić information content (AvgIpc) is 3.20. The Morgan fingerprint density at radius 1 is 1.54 bits per heavy atom. The van der Waals surface area contributed by atoms with Gasteiger partial charge in [0, 0.05) is 6.54 Å². The highest BCUT2D eigenvalue weighted by Crippen LogP contribution is 2.42. The molecule has 2 aliphatic heterocycles. The molecule has 3 heterocycles. The van der Waals surface area contributed by atoms with Crippen LogP contribution in [0.3, 0.4) is 0 Å². The van der Waals surface area contributed by atoms with Gasteiger partial charge in [0.1, 0.15) is 11.8 Å². The normalized spacial score (nSPS) is 25.1. The van der Waals surface area contributed by atoms with E-state index in [1.165, 1.54) is 11.2 Å². The summed E-state index contributed by atoms with van der Waals surface area (Å²) in [6.07, 6.45) is 1.70. The van der Waals surface area contributed by atoms with Crippen LogP contribution in [0.5, 0.6) is 0 Å². The number of nitrogens with two attached hydrogens (primary N) is 1. The number of carbonyl (C=O) groups is 2. The molecular formula is C15H22N4O8S. The predicted octanol–water partition coefficient (Wildman–Crippen LogP) is -0.0337. The van der Waals surface area contributed by atoms with E-state index in [-0.39, 0.29) is 19.6 Å². The van der Waals surface area contributed by atoms with Gasteiger partial charge in [0.25, 0.3) is 5.91 Å². The van der Waals surface area contributed by atoms with Crippen molar-refractivity contribution in [3.05, 3.63) is 24.2 Å². The molecule has 4 N–H and O–H groups in total. The second kappa shape index (κ2) is 7.33. The average molecular weight is 418 g/mol. The van der Waals surface area contributed by atoms with Crippen molar-refractivity contribution < 1.29 is 36.1 Å². The number of furan rings is 1. The third kappa shape index (κ3) is 4.12. The molecule has 12 nitrogen and oxygen atoms in total. The van der Waals surface area contributed by atoms with E-state index in [0.29, 0.717) is 10.8 Å². The van der Waals surface area contributed by atoms with Gasteiger partial charge in [0.15, 0.2) is 0 Å². The molecule has 3 rings (SSSR count). The first-order valence-electron chi connectivity index (χ1n) is 8.47. The molecule has 2 saturated heterocycles. The summed E-state index contributed by atoms with van der Waals surface area (Å²) in [6, 6.07) is 0.364. The van der Waals surface area contributed by atoms with Crippen LogP contribution in [0, 0.1) is 5.41 Å². The highest BCUT2D eigenvalue weighted by Gasteiger charge is 2.56. The van der Waals surface area contributed by atoms with Crippen molar-refractivity contribution in [2.45, 2.75) is 38.4 Å². The van der Waals surface area contributed by atoms with Gasteiger partial charge in [-0.2, -0.15) is 13.5 Å². The van der Waals surface area contributed by atoms with Gasteiger partial charge >= 0.3 is 16.4 Å². The maximum absolute atomic E-state index is 12.6. The van der Waals surface area contributed by atoms with Crippen LogP contribution in [0.25, 0.3) is 0 Å². The summed E-state index contributed by atoms with van der Waals surface area (Å²) in [7, 11) is -4.88. The van der Waals surface area contributed by atoms with Gasteiger partial charge in [-0.3, -0.25) is 14.2 Å². The zero-order valence-electron chi connectivity index (χ0n) is 15.3. The van der Waals surface area contributed by atoms with Crippen molar-refractivity contribution in [1.29, 1.82) is 0 Å². The lowest BCUT2D eigenvalue weighted by Crippen LogP contribution is -2.54. The maximum Gasteiger partial charge on any atom is 0.418 e. The molecule has 2 fully saturated rings. The molecule has 156 valence electrons. The van der Waals surface area contributed by atoms with E-state index in [1.807, 2.05) is 0 Å². The summed E-state index contributed by atoms with van der Waals surface area (Å²) in [5.41, 5.74) is 7.47. The Kier molecular flexibility index (Phi) is 5.38. The number of hydrogen-bond donors (Lipinski definition) is 3. The van der Waals surface area contributed by atoms with Gasteiger partial charge in [-0.15, -0.1) is 4.28 Å². The third-order valence-corrected chi connectivity index (χ3v) is 5.26. The largest absolute Gasteiger partial charge is 0.468 e. The minimum Gasteiger partial charge on any atom is -0.468 e. The van der Waals surface area contributed by atoms with Crippen LogP contribution in [0.4, 0.5) is 4.79 Å². The number of piperidine rings is 1. The number of carbonyl (C=O) groups excluding carboxylic acids is 2. The Morgan fingerprint density at radius 2 is 2.25 bits per heavy atom. The fourth-order valence-electron chi connectivity index (χ4n) is 3.44. The van der Waals surface area contributed by atoms with Crippen molar-refractivity contribution in [2.24, 2.45) is 11.1 Å². The Morgan fingerprint density at radius 3 is 2.86 bits per heavy atom. The Labute approximate surface area is 161 Å². The molecule has 0 aromatic carbocycles. The number of hydrogen-bond acceptors (Lipinski definition) is 8. The van der Waals surface area contributed by atoms with E-state index in [0.717, 1.165) is 0 Å². The first-order valence-corrected chi connectivity index (χ1v) is 9.83. The first-order chi connectivity index (χ1) is 13.0. The molecule has 2 aliphatic rings. The molecule has 1 aromatic rings. The van der Waals surface area contributed by atoms with E-state index in [1.54, 1.807) is 26.0 Å². The molecule has 3 amide bonds. The molecule has 28 heavy (non-hydrogen) atoms. The number of rotatable bonds is 7. The second-order valence-electron chi connectivity index (χ2n) is 7.39. The zero-order chi connectivity index (χ0) is 20.7. The van der Waals surface area contributed by atoms with E-state index in [9.17, 15) is 18.0 Å². The lowest BCUT2D eigenvalue weighted by atomic mass is 9.76. The fraction of sp³-hybridized carbons (Fsp3) is 0.600. The van der Waals surface area contributed by atoms with E-state index >= 15 is 0 Å². The van der Waals surface area contributed by atoms with Crippen LogP contribution in [-0.2, 0) is 24.3 Å². The summed E-state index contributed by atoms with van der Waals surface area (Å²) < 4.78 is 40.6. The minimum absolute atomic E-state index is 0.0517. The van der Waals surface area contributed by atoms with Gasteiger partial charge < -0.3 is 15.1 Å². The molecule has 2 bridgehead atoms. The van der Waals surface area contributed by atoms with Gasteiger partial charge in [-0.05, 0) is 24.0 Å². The summed E-state index contributed by atoms with van der Waals surface area (Å²) in [6.45, 7) is 3.54. The minimum atomic E-state index is -4.88. The van der Waals surface area contributed by atoms with Crippen LogP contribution in [0.2, 0.25) is 0 Å². The molecule has 0 aliphatic carbocycles. The smallest absolute Gasteiger partial charge is 0.418 e. The van der Waals surface area contributed by atoms with Crippen molar-refractivity contribution in [1.82, 2.24) is 15.4 Å². The SMILES string of the molecule is CC1(C)C[C@@H](C(=O)NOCC(N)c2ccco2)N2C[C@@H]1N(OS(=O)(=O)O)C2=O. The van der Waals surface area contributed by atoms with Crippen LogP contribution in [-0.4, -0.2) is 60.1 Å². The summed E-state index contributed by atoms with van der Waals surface area (Å²) in [4.78, 5) is 31.4. The molecule has 3 atom stereocenters. The van der Waals surface area contributed by atoms with Gasteiger partial charge in [0.05, 0.1) is 25.0 Å². The topological polar surface area (TPSA) is 165 Å². The standard InChI is InChI=1S/C15H22N4O8S/c1-15(2)6-10(13(20)17-26-8-9(16)11-4-3-5-25-11)18-7-12(15)19(14(18)21)27-28(22,23)24/h3-5,9-10,12H,6-8,16H2,1-2H3,(H,17,20)(H,22,23,24)/t9?,10-,12-/m0/s1. The van der Waals surface area contributed by atoms with Crippen LogP contribution >= 0.6 is 0 Å². The second-order valence-corrected chi connectivity index (χ2v) is 8.39. The quantitative estimate of drug-likeness (QED) is 0.407. The van der Waals surface area contributed by atoms with Crippen molar-refractivity contribution in [3.8, 4) is 0 Å². The van der Waals surface area contributed by atoms with Gasteiger partial charge in [-0.25, -0.2) is 10.3 Å². The van der Waals surface area contributed by atoms with E-state index in [2.05, 4.69) is 9.76 Å². The third-order valence-electron chi connectivity index (χ3n) is 4.91. The van der Waals surface area contributed by atoms with Gasteiger partial charge in [-0.1, -0.05) is 13.8 Å². The molecule has 1 aromatic heterocycles. The molecule has 0 radical (unpaired) electrons. The number of urea groups is 1. The highest BCUT2D eigenvalue weighted by molar-refractivity contribution is 7.80. The Bertz CT molecular complexity index is 840.